The van der Waals surface area contributed by atoms with Crippen molar-refractivity contribution in [2.75, 3.05) is 5.75 Å². The molecule has 1 atom stereocenters. The fraction of sp³-hybridized carbons (Fsp3) is 0.538. The Balaban J connectivity index is 2.08. The summed E-state index contributed by atoms with van der Waals surface area (Å²) in [5, 5.41) is 0. The monoisotopic (exact) mass is 275 g/mol. The summed E-state index contributed by atoms with van der Waals surface area (Å²) >= 11 is 0.0204. The molecular formula is C13H16F3NS. The summed E-state index contributed by atoms with van der Waals surface area (Å²) in [6, 6.07) is 7.83. The lowest BCUT2D eigenvalue weighted by Crippen LogP contribution is -2.40. The maximum Gasteiger partial charge on any atom is 0.441 e. The van der Waals surface area contributed by atoms with Crippen LogP contribution in [0.15, 0.2) is 24.3 Å². The summed E-state index contributed by atoms with van der Waals surface area (Å²) in [6.45, 7) is 0. The molecule has 0 saturated heterocycles. The predicted molar refractivity (Wildman–Crippen MR) is 68.4 cm³/mol. The third-order valence-electron chi connectivity index (χ3n) is 3.44. The molecule has 5 heteroatoms. The van der Waals surface area contributed by atoms with Gasteiger partial charge in [0.2, 0.25) is 0 Å². The average molecular weight is 275 g/mol. The molecular weight excluding hydrogens is 259 g/mol. The van der Waals surface area contributed by atoms with Crippen LogP contribution in [0, 0.1) is 0 Å². The number of hydrogen-bond donors (Lipinski definition) is 1. The van der Waals surface area contributed by atoms with Gasteiger partial charge in [-0.05, 0) is 36.8 Å². The minimum Gasteiger partial charge on any atom is -0.321 e. The van der Waals surface area contributed by atoms with E-state index in [9.17, 15) is 13.2 Å². The van der Waals surface area contributed by atoms with Gasteiger partial charge in [0.1, 0.15) is 0 Å². The van der Waals surface area contributed by atoms with E-state index in [0.29, 0.717) is 6.42 Å². The molecule has 0 heterocycles. The van der Waals surface area contributed by atoms with E-state index in [1.54, 1.807) is 0 Å². The highest BCUT2D eigenvalue weighted by Crippen LogP contribution is 2.38. The number of halogens is 3. The lowest BCUT2D eigenvalue weighted by Gasteiger charge is -2.36. The van der Waals surface area contributed by atoms with Crippen LogP contribution in [0.25, 0.3) is 0 Å². The maximum absolute atomic E-state index is 12.2. The number of benzene rings is 1. The van der Waals surface area contributed by atoms with Gasteiger partial charge >= 0.3 is 5.51 Å². The summed E-state index contributed by atoms with van der Waals surface area (Å²) in [4.78, 5) is 0. The van der Waals surface area contributed by atoms with Crippen molar-refractivity contribution in [2.24, 2.45) is 5.73 Å². The van der Waals surface area contributed by atoms with Crippen LogP contribution in [0.4, 0.5) is 13.2 Å². The largest absolute Gasteiger partial charge is 0.441 e. The van der Waals surface area contributed by atoms with E-state index in [-0.39, 0.29) is 17.5 Å². The van der Waals surface area contributed by atoms with Crippen molar-refractivity contribution in [1.82, 2.24) is 0 Å². The molecule has 100 valence electrons. The van der Waals surface area contributed by atoms with Crippen LogP contribution in [0.5, 0.6) is 0 Å². The molecule has 0 saturated carbocycles. The zero-order valence-corrected chi connectivity index (χ0v) is 10.8. The Hall–Kier alpha value is -0.680. The van der Waals surface area contributed by atoms with Gasteiger partial charge in [0, 0.05) is 11.3 Å². The fourth-order valence-corrected chi connectivity index (χ4v) is 3.26. The van der Waals surface area contributed by atoms with Gasteiger partial charge in [-0.2, -0.15) is 13.2 Å². The first-order valence-corrected chi connectivity index (χ1v) is 6.97. The van der Waals surface area contributed by atoms with Gasteiger partial charge in [0.05, 0.1) is 0 Å². The van der Waals surface area contributed by atoms with Crippen LogP contribution >= 0.6 is 11.8 Å². The Morgan fingerprint density at radius 1 is 1.28 bits per heavy atom. The number of nitrogens with two attached hydrogens (primary N) is 1. The molecule has 0 amide bonds. The smallest absolute Gasteiger partial charge is 0.321 e. The highest BCUT2D eigenvalue weighted by molar-refractivity contribution is 8.00. The Morgan fingerprint density at radius 3 is 2.72 bits per heavy atom. The van der Waals surface area contributed by atoms with Crippen molar-refractivity contribution in [1.29, 1.82) is 0 Å². The molecule has 0 aromatic heterocycles. The van der Waals surface area contributed by atoms with Crippen LogP contribution < -0.4 is 5.73 Å². The minimum absolute atomic E-state index is 0.0204. The molecule has 18 heavy (non-hydrogen) atoms. The SMILES string of the molecule is NC1(CCSC(F)(F)F)CCCc2ccccc21. The van der Waals surface area contributed by atoms with Gasteiger partial charge in [-0.1, -0.05) is 36.0 Å². The highest BCUT2D eigenvalue weighted by Gasteiger charge is 2.34. The van der Waals surface area contributed by atoms with Crippen LogP contribution in [0.2, 0.25) is 0 Å². The molecule has 1 nitrogen and oxygen atoms in total. The van der Waals surface area contributed by atoms with Crippen molar-refractivity contribution in [3.05, 3.63) is 35.4 Å². The van der Waals surface area contributed by atoms with Crippen molar-refractivity contribution < 1.29 is 13.2 Å². The molecule has 1 unspecified atom stereocenters. The van der Waals surface area contributed by atoms with E-state index in [4.69, 9.17) is 5.73 Å². The van der Waals surface area contributed by atoms with Gasteiger partial charge in [0.25, 0.3) is 0 Å². The first-order chi connectivity index (χ1) is 8.41. The van der Waals surface area contributed by atoms with Gasteiger partial charge in [-0.15, -0.1) is 0 Å². The first kappa shape index (κ1) is 13.7. The second kappa shape index (κ2) is 5.13. The molecule has 0 aliphatic heterocycles. The molecule has 1 aliphatic rings. The topological polar surface area (TPSA) is 26.0 Å². The maximum atomic E-state index is 12.2. The van der Waals surface area contributed by atoms with E-state index in [1.165, 1.54) is 5.56 Å². The molecule has 1 aromatic carbocycles. The fourth-order valence-electron chi connectivity index (χ4n) is 2.56. The van der Waals surface area contributed by atoms with Crippen LogP contribution in [0.3, 0.4) is 0 Å². The molecule has 0 bridgehead atoms. The van der Waals surface area contributed by atoms with Gasteiger partial charge in [-0.25, -0.2) is 0 Å². The Labute approximate surface area is 109 Å². The number of rotatable bonds is 3. The number of thioether (sulfide) groups is 1. The second-order valence-electron chi connectivity index (χ2n) is 4.71. The lowest BCUT2D eigenvalue weighted by molar-refractivity contribution is -0.0328. The molecule has 2 N–H and O–H groups in total. The third kappa shape index (κ3) is 3.20. The lowest BCUT2D eigenvalue weighted by atomic mass is 9.76. The van der Waals surface area contributed by atoms with E-state index < -0.39 is 11.0 Å². The first-order valence-electron chi connectivity index (χ1n) is 5.99. The van der Waals surface area contributed by atoms with Crippen molar-refractivity contribution in [2.45, 2.75) is 36.7 Å². The van der Waals surface area contributed by atoms with Crippen molar-refractivity contribution >= 4 is 11.8 Å². The molecule has 0 radical (unpaired) electrons. The average Bonchev–Trinajstić information content (AvgIpc) is 2.28. The summed E-state index contributed by atoms with van der Waals surface area (Å²) in [7, 11) is 0. The van der Waals surface area contributed by atoms with Crippen LogP contribution in [0.1, 0.15) is 30.4 Å². The molecule has 1 aliphatic carbocycles. The van der Waals surface area contributed by atoms with Gasteiger partial charge < -0.3 is 5.73 Å². The zero-order valence-electron chi connectivity index (χ0n) is 9.96. The summed E-state index contributed by atoms with van der Waals surface area (Å²) < 4.78 is 36.5. The number of alkyl halides is 3. The quantitative estimate of drug-likeness (QED) is 0.907. The number of fused-ring (bicyclic) bond motifs is 1. The van der Waals surface area contributed by atoms with Crippen molar-refractivity contribution in [3.63, 3.8) is 0 Å². The normalized spacial score (nSPS) is 23.8. The second-order valence-corrected chi connectivity index (χ2v) is 5.87. The Kier molecular flexibility index (Phi) is 3.92. The van der Waals surface area contributed by atoms with E-state index in [0.717, 1.165) is 24.8 Å². The predicted octanol–water partition coefficient (Wildman–Crippen LogP) is 3.82. The minimum atomic E-state index is -4.16. The summed E-state index contributed by atoms with van der Waals surface area (Å²) in [5.41, 5.74) is 3.78. The highest BCUT2D eigenvalue weighted by atomic mass is 32.2. The Bertz CT molecular complexity index is 419. The van der Waals surface area contributed by atoms with Crippen molar-refractivity contribution in [3.8, 4) is 0 Å². The third-order valence-corrected chi connectivity index (χ3v) is 4.17. The molecule has 0 fully saturated rings. The summed E-state index contributed by atoms with van der Waals surface area (Å²) in [6.07, 6.45) is 3.06. The van der Waals surface area contributed by atoms with Gasteiger partial charge in [-0.3, -0.25) is 0 Å². The number of aryl methyl sites for hydroxylation is 1. The van der Waals surface area contributed by atoms with E-state index in [2.05, 4.69) is 0 Å². The van der Waals surface area contributed by atoms with Crippen LogP contribution in [-0.4, -0.2) is 11.3 Å². The standard InChI is InChI=1S/C13H16F3NS/c14-13(15,16)18-9-8-12(17)7-3-5-10-4-1-2-6-11(10)12/h1-2,4,6H,3,5,7-9,17H2. The molecule has 0 spiro atoms. The molecule has 1 aromatic rings. The number of hydrogen-bond acceptors (Lipinski definition) is 2. The van der Waals surface area contributed by atoms with E-state index >= 15 is 0 Å². The summed E-state index contributed by atoms with van der Waals surface area (Å²) in [5.74, 6) is 0.0222. The Morgan fingerprint density at radius 2 is 2.00 bits per heavy atom. The molecule has 2 rings (SSSR count). The van der Waals surface area contributed by atoms with E-state index in [1.807, 2.05) is 24.3 Å². The zero-order chi connectivity index (χ0) is 13.2. The van der Waals surface area contributed by atoms with Gasteiger partial charge in [0.15, 0.2) is 0 Å². The van der Waals surface area contributed by atoms with Crippen LogP contribution in [-0.2, 0) is 12.0 Å².